The molecule has 6 heteroatoms. The van der Waals surface area contributed by atoms with Gasteiger partial charge in [0, 0.05) is 12.6 Å². The van der Waals surface area contributed by atoms with E-state index >= 15 is 0 Å². The normalized spacial score (nSPS) is 15.8. The second kappa shape index (κ2) is 6.96. The van der Waals surface area contributed by atoms with Crippen LogP contribution >= 0.6 is 0 Å². The zero-order valence-electron chi connectivity index (χ0n) is 11.0. The van der Waals surface area contributed by atoms with Crippen molar-refractivity contribution in [3.05, 3.63) is 0 Å². The van der Waals surface area contributed by atoms with Gasteiger partial charge in [0.25, 0.3) is 0 Å². The van der Waals surface area contributed by atoms with Crippen molar-refractivity contribution in [2.75, 3.05) is 6.54 Å². The fourth-order valence-electron chi connectivity index (χ4n) is 1.45. The molecule has 0 bridgehead atoms. The quantitative estimate of drug-likeness (QED) is 0.724. The molecule has 5 nitrogen and oxygen atoms in total. The molecule has 0 fully saturated rings. The van der Waals surface area contributed by atoms with E-state index in [-0.39, 0.29) is 6.04 Å². The minimum Gasteiger partial charge on any atom is -0.480 e. The number of carboxylic acids is 1. The topological polar surface area (TPSA) is 74.7 Å². The molecule has 0 amide bonds. The van der Waals surface area contributed by atoms with E-state index in [1.54, 1.807) is 0 Å². The Morgan fingerprint density at radius 2 is 1.82 bits per heavy atom. The standard InChI is InChI=1S/C11H23NO4S/c1-5-7-8-12(9(3)6-2)17(15,16)10(4)11(13)14/h9-10H,5-8H2,1-4H3,(H,13,14). The van der Waals surface area contributed by atoms with Crippen molar-refractivity contribution < 1.29 is 18.3 Å². The minimum atomic E-state index is -3.75. The Bertz CT molecular complexity index is 339. The van der Waals surface area contributed by atoms with Crippen molar-refractivity contribution in [1.29, 1.82) is 0 Å². The number of rotatable bonds is 8. The molecular weight excluding hydrogens is 242 g/mol. The molecule has 102 valence electrons. The van der Waals surface area contributed by atoms with Crippen molar-refractivity contribution in [3.8, 4) is 0 Å². The van der Waals surface area contributed by atoms with Gasteiger partial charge in [0.2, 0.25) is 10.0 Å². The second-order valence-corrected chi connectivity index (χ2v) is 6.45. The molecule has 0 aliphatic heterocycles. The number of carbonyl (C=O) groups is 1. The van der Waals surface area contributed by atoms with Gasteiger partial charge in [0.1, 0.15) is 0 Å². The Labute approximate surface area is 104 Å². The summed E-state index contributed by atoms with van der Waals surface area (Å²) in [7, 11) is -3.75. The first kappa shape index (κ1) is 16.4. The van der Waals surface area contributed by atoms with Crippen LogP contribution in [0, 0.1) is 0 Å². The summed E-state index contributed by atoms with van der Waals surface area (Å²) < 4.78 is 25.6. The first-order chi connectivity index (χ1) is 7.78. The van der Waals surface area contributed by atoms with Crippen molar-refractivity contribution in [2.45, 2.75) is 58.2 Å². The summed E-state index contributed by atoms with van der Waals surface area (Å²) in [5, 5.41) is 7.46. The Balaban J connectivity index is 5.08. The van der Waals surface area contributed by atoms with E-state index in [4.69, 9.17) is 5.11 Å². The average molecular weight is 265 g/mol. The molecule has 0 spiro atoms. The molecule has 2 atom stereocenters. The SMILES string of the molecule is CCCCN(C(C)CC)S(=O)(=O)C(C)C(=O)O. The van der Waals surface area contributed by atoms with E-state index in [9.17, 15) is 13.2 Å². The summed E-state index contributed by atoms with van der Waals surface area (Å²) in [6.45, 7) is 7.29. The van der Waals surface area contributed by atoms with Crippen molar-refractivity contribution in [1.82, 2.24) is 4.31 Å². The molecule has 0 aromatic carbocycles. The lowest BCUT2D eigenvalue weighted by atomic mass is 10.2. The molecule has 1 N–H and O–H groups in total. The third-order valence-electron chi connectivity index (χ3n) is 2.94. The highest BCUT2D eigenvalue weighted by atomic mass is 32.2. The number of unbranched alkanes of at least 4 members (excludes halogenated alkanes) is 1. The van der Waals surface area contributed by atoms with Gasteiger partial charge in [0.05, 0.1) is 0 Å². The van der Waals surface area contributed by atoms with E-state index in [1.807, 2.05) is 20.8 Å². The molecule has 0 saturated carbocycles. The zero-order valence-corrected chi connectivity index (χ0v) is 11.8. The fraction of sp³-hybridized carbons (Fsp3) is 0.909. The Morgan fingerprint density at radius 3 is 2.18 bits per heavy atom. The monoisotopic (exact) mass is 265 g/mol. The van der Waals surface area contributed by atoms with E-state index in [2.05, 4.69) is 0 Å². The molecule has 0 radical (unpaired) electrons. The maximum atomic E-state index is 12.1. The van der Waals surface area contributed by atoms with Gasteiger partial charge in [-0.15, -0.1) is 0 Å². The lowest BCUT2D eigenvalue weighted by molar-refractivity contribution is -0.136. The van der Waals surface area contributed by atoms with Crippen molar-refractivity contribution >= 4 is 16.0 Å². The predicted molar refractivity (Wildman–Crippen MR) is 67.4 cm³/mol. The molecule has 0 heterocycles. The predicted octanol–water partition coefficient (Wildman–Crippen LogP) is 1.69. The number of nitrogens with zero attached hydrogens (tertiary/aromatic N) is 1. The highest BCUT2D eigenvalue weighted by molar-refractivity contribution is 7.90. The fourth-order valence-corrected chi connectivity index (χ4v) is 3.14. The first-order valence-corrected chi connectivity index (χ1v) is 7.52. The molecule has 17 heavy (non-hydrogen) atoms. The molecule has 0 aliphatic rings. The summed E-state index contributed by atoms with van der Waals surface area (Å²) in [4.78, 5) is 10.8. The third kappa shape index (κ3) is 4.27. The van der Waals surface area contributed by atoms with Crippen LogP contribution in [0.1, 0.15) is 47.0 Å². The average Bonchev–Trinajstić information content (AvgIpc) is 2.27. The zero-order chi connectivity index (χ0) is 13.6. The molecule has 0 aliphatic carbocycles. The lowest BCUT2D eigenvalue weighted by Gasteiger charge is -2.29. The Hall–Kier alpha value is -0.620. The van der Waals surface area contributed by atoms with Gasteiger partial charge < -0.3 is 5.11 Å². The number of aliphatic carboxylic acids is 1. The first-order valence-electron chi connectivity index (χ1n) is 6.02. The van der Waals surface area contributed by atoms with Crippen LogP contribution in [0.5, 0.6) is 0 Å². The minimum absolute atomic E-state index is 0.159. The summed E-state index contributed by atoms with van der Waals surface area (Å²) in [5.74, 6) is -1.30. The maximum absolute atomic E-state index is 12.1. The van der Waals surface area contributed by atoms with Crippen LogP contribution in [0.15, 0.2) is 0 Å². The van der Waals surface area contributed by atoms with E-state index in [0.29, 0.717) is 13.0 Å². The number of hydrogen-bond acceptors (Lipinski definition) is 3. The molecule has 2 unspecified atom stereocenters. The second-order valence-electron chi connectivity index (χ2n) is 4.25. The number of carboxylic acid groups (broad SMARTS) is 1. The maximum Gasteiger partial charge on any atom is 0.323 e. The van der Waals surface area contributed by atoms with Crippen LogP contribution in [-0.2, 0) is 14.8 Å². The number of sulfonamides is 1. The van der Waals surface area contributed by atoms with Crippen molar-refractivity contribution in [2.24, 2.45) is 0 Å². The van der Waals surface area contributed by atoms with Gasteiger partial charge in [-0.3, -0.25) is 4.79 Å². The summed E-state index contributed by atoms with van der Waals surface area (Å²) in [5.41, 5.74) is 0. The highest BCUT2D eigenvalue weighted by Gasteiger charge is 2.35. The molecule has 0 rings (SSSR count). The third-order valence-corrected chi connectivity index (χ3v) is 5.23. The van der Waals surface area contributed by atoms with Gasteiger partial charge >= 0.3 is 5.97 Å². The van der Waals surface area contributed by atoms with Crippen LogP contribution in [0.3, 0.4) is 0 Å². The van der Waals surface area contributed by atoms with Crippen LogP contribution in [0.25, 0.3) is 0 Å². The van der Waals surface area contributed by atoms with E-state index in [1.165, 1.54) is 11.2 Å². The highest BCUT2D eigenvalue weighted by Crippen LogP contribution is 2.16. The van der Waals surface area contributed by atoms with Gasteiger partial charge in [-0.2, -0.15) is 4.31 Å². The van der Waals surface area contributed by atoms with Crippen LogP contribution in [0.4, 0.5) is 0 Å². The van der Waals surface area contributed by atoms with Gasteiger partial charge in [-0.25, -0.2) is 8.42 Å². The number of hydrogen-bond donors (Lipinski definition) is 1. The molecular formula is C11H23NO4S. The molecule has 0 saturated heterocycles. The van der Waals surface area contributed by atoms with Crippen LogP contribution < -0.4 is 0 Å². The van der Waals surface area contributed by atoms with E-state index < -0.39 is 21.2 Å². The summed E-state index contributed by atoms with van der Waals surface area (Å²) in [6, 6.07) is -0.159. The molecule has 0 aromatic rings. The van der Waals surface area contributed by atoms with Gasteiger partial charge in [-0.1, -0.05) is 20.3 Å². The van der Waals surface area contributed by atoms with Crippen molar-refractivity contribution in [3.63, 3.8) is 0 Å². The Kier molecular flexibility index (Phi) is 6.70. The van der Waals surface area contributed by atoms with Crippen LogP contribution in [0.2, 0.25) is 0 Å². The van der Waals surface area contributed by atoms with E-state index in [0.717, 1.165) is 12.8 Å². The summed E-state index contributed by atoms with van der Waals surface area (Å²) >= 11 is 0. The van der Waals surface area contributed by atoms with Gasteiger partial charge in [-0.05, 0) is 26.7 Å². The summed E-state index contributed by atoms with van der Waals surface area (Å²) in [6.07, 6.45) is 2.30. The molecule has 0 aromatic heterocycles. The largest absolute Gasteiger partial charge is 0.480 e. The van der Waals surface area contributed by atoms with Crippen LogP contribution in [-0.4, -0.2) is 41.6 Å². The Morgan fingerprint density at radius 1 is 1.29 bits per heavy atom. The van der Waals surface area contributed by atoms with Gasteiger partial charge in [0.15, 0.2) is 5.25 Å². The smallest absolute Gasteiger partial charge is 0.323 e. The lowest BCUT2D eigenvalue weighted by Crippen LogP contribution is -2.45.